The Morgan fingerprint density at radius 2 is 1.95 bits per heavy atom. The maximum atomic E-state index is 10.7. The Bertz CT molecular complexity index is 406. The van der Waals surface area contributed by atoms with Crippen molar-refractivity contribution in [1.29, 1.82) is 0 Å². The summed E-state index contributed by atoms with van der Waals surface area (Å²) in [5, 5.41) is 10.7. The lowest BCUT2D eigenvalue weighted by Gasteiger charge is -2.31. The first-order valence-corrected chi connectivity index (χ1v) is 7.48. The second-order valence-corrected chi connectivity index (χ2v) is 5.88. The van der Waals surface area contributed by atoms with Gasteiger partial charge in [-0.3, -0.25) is 0 Å². The molecule has 1 aromatic carbocycles. The van der Waals surface area contributed by atoms with Crippen LogP contribution in [0.4, 0.5) is 0 Å². The van der Waals surface area contributed by atoms with Crippen LogP contribution < -0.4 is 4.74 Å². The molecular formula is C17H26O2. The van der Waals surface area contributed by atoms with E-state index < -0.39 is 0 Å². The lowest BCUT2D eigenvalue weighted by molar-refractivity contribution is 0.0708. The molecule has 1 atom stereocenters. The van der Waals surface area contributed by atoms with E-state index in [-0.39, 0.29) is 6.10 Å². The molecule has 2 rings (SSSR count). The van der Waals surface area contributed by atoms with Crippen molar-refractivity contribution in [1.82, 2.24) is 0 Å². The van der Waals surface area contributed by atoms with Crippen molar-refractivity contribution in [3.05, 3.63) is 29.3 Å². The van der Waals surface area contributed by atoms with Crippen molar-refractivity contribution in [2.75, 3.05) is 7.11 Å². The Balaban J connectivity index is 2.11. The van der Waals surface area contributed by atoms with Crippen LogP contribution in [0.2, 0.25) is 0 Å². The zero-order valence-electron chi connectivity index (χ0n) is 12.4. The minimum absolute atomic E-state index is 0.382. The van der Waals surface area contributed by atoms with Gasteiger partial charge in [0.25, 0.3) is 0 Å². The number of benzene rings is 1. The van der Waals surface area contributed by atoms with Crippen LogP contribution in [0.1, 0.15) is 56.3 Å². The first-order valence-electron chi connectivity index (χ1n) is 7.48. The molecule has 106 valence electrons. The Labute approximate surface area is 116 Å². The van der Waals surface area contributed by atoms with E-state index in [2.05, 4.69) is 19.9 Å². The number of aryl methyl sites for hydroxylation is 1. The SMILES string of the molecule is CCC1CCC(C(O)c2cc(C)ccc2OC)CC1. The average Bonchev–Trinajstić information content (AvgIpc) is 2.46. The van der Waals surface area contributed by atoms with Crippen molar-refractivity contribution in [3.63, 3.8) is 0 Å². The summed E-state index contributed by atoms with van der Waals surface area (Å²) in [7, 11) is 1.68. The fourth-order valence-electron chi connectivity index (χ4n) is 3.25. The molecule has 0 amide bonds. The molecule has 1 N–H and O–H groups in total. The summed E-state index contributed by atoms with van der Waals surface area (Å²) in [6, 6.07) is 6.06. The van der Waals surface area contributed by atoms with E-state index >= 15 is 0 Å². The van der Waals surface area contributed by atoms with Gasteiger partial charge in [0.1, 0.15) is 5.75 Å². The van der Waals surface area contributed by atoms with Crippen molar-refractivity contribution in [2.45, 2.75) is 52.1 Å². The zero-order chi connectivity index (χ0) is 13.8. The molecule has 0 radical (unpaired) electrons. The summed E-state index contributed by atoms with van der Waals surface area (Å²) in [4.78, 5) is 0. The summed E-state index contributed by atoms with van der Waals surface area (Å²) in [5.41, 5.74) is 2.14. The van der Waals surface area contributed by atoms with E-state index in [4.69, 9.17) is 4.74 Å². The van der Waals surface area contributed by atoms with Crippen molar-refractivity contribution < 1.29 is 9.84 Å². The molecule has 1 aliphatic carbocycles. The molecule has 1 fully saturated rings. The molecule has 1 aliphatic rings. The van der Waals surface area contributed by atoms with Gasteiger partial charge in [-0.1, -0.05) is 37.8 Å². The van der Waals surface area contributed by atoms with Crippen LogP contribution in [0.3, 0.4) is 0 Å². The normalized spacial score (nSPS) is 25.1. The van der Waals surface area contributed by atoms with Gasteiger partial charge in [-0.15, -0.1) is 0 Å². The topological polar surface area (TPSA) is 29.5 Å². The molecule has 0 aromatic heterocycles. The number of aliphatic hydroxyl groups is 1. The van der Waals surface area contributed by atoms with Gasteiger partial charge in [0.2, 0.25) is 0 Å². The predicted molar refractivity (Wildman–Crippen MR) is 78.4 cm³/mol. The van der Waals surface area contributed by atoms with Crippen LogP contribution in [0.25, 0.3) is 0 Å². The fraction of sp³-hybridized carbons (Fsp3) is 0.647. The van der Waals surface area contributed by atoms with E-state index in [0.717, 1.165) is 30.1 Å². The van der Waals surface area contributed by atoms with E-state index in [9.17, 15) is 5.11 Å². The standard InChI is InChI=1S/C17H26O2/c1-4-13-6-8-14(9-7-13)17(18)15-11-12(2)5-10-16(15)19-3/h5,10-11,13-14,17-18H,4,6-9H2,1-3H3. The smallest absolute Gasteiger partial charge is 0.124 e. The first kappa shape index (κ1) is 14.4. The lowest BCUT2D eigenvalue weighted by atomic mass is 9.77. The Morgan fingerprint density at radius 1 is 1.26 bits per heavy atom. The molecule has 1 saturated carbocycles. The summed E-state index contributed by atoms with van der Waals surface area (Å²) >= 11 is 0. The highest BCUT2D eigenvalue weighted by Crippen LogP contribution is 2.40. The highest BCUT2D eigenvalue weighted by atomic mass is 16.5. The van der Waals surface area contributed by atoms with Crippen molar-refractivity contribution >= 4 is 0 Å². The molecule has 0 heterocycles. The maximum absolute atomic E-state index is 10.7. The minimum Gasteiger partial charge on any atom is -0.496 e. The van der Waals surface area contributed by atoms with E-state index in [0.29, 0.717) is 5.92 Å². The van der Waals surface area contributed by atoms with Gasteiger partial charge in [-0.05, 0) is 43.7 Å². The maximum Gasteiger partial charge on any atom is 0.124 e. The highest BCUT2D eigenvalue weighted by molar-refractivity contribution is 5.38. The Hall–Kier alpha value is -1.02. The molecular weight excluding hydrogens is 236 g/mol. The Morgan fingerprint density at radius 3 is 2.53 bits per heavy atom. The fourth-order valence-corrected chi connectivity index (χ4v) is 3.25. The second-order valence-electron chi connectivity index (χ2n) is 5.88. The van der Waals surface area contributed by atoms with Gasteiger partial charge >= 0.3 is 0 Å². The van der Waals surface area contributed by atoms with E-state index in [1.807, 2.05) is 12.1 Å². The number of rotatable bonds is 4. The molecule has 2 nitrogen and oxygen atoms in total. The van der Waals surface area contributed by atoms with Crippen LogP contribution in [-0.4, -0.2) is 12.2 Å². The van der Waals surface area contributed by atoms with Crippen molar-refractivity contribution in [2.24, 2.45) is 11.8 Å². The van der Waals surface area contributed by atoms with Gasteiger partial charge < -0.3 is 9.84 Å². The first-order chi connectivity index (χ1) is 9.15. The summed E-state index contributed by atoms with van der Waals surface area (Å²) in [5.74, 6) is 2.07. The summed E-state index contributed by atoms with van der Waals surface area (Å²) in [6.07, 6.45) is 5.68. The van der Waals surface area contributed by atoms with Gasteiger partial charge in [0.15, 0.2) is 0 Å². The van der Waals surface area contributed by atoms with Crippen LogP contribution in [0.15, 0.2) is 18.2 Å². The van der Waals surface area contributed by atoms with Crippen LogP contribution >= 0.6 is 0 Å². The quantitative estimate of drug-likeness (QED) is 0.878. The number of hydrogen-bond acceptors (Lipinski definition) is 2. The summed E-state index contributed by atoms with van der Waals surface area (Å²) < 4.78 is 5.39. The van der Waals surface area contributed by atoms with Crippen molar-refractivity contribution in [3.8, 4) is 5.75 Å². The van der Waals surface area contributed by atoms with Crippen LogP contribution in [-0.2, 0) is 0 Å². The molecule has 1 unspecified atom stereocenters. The number of ether oxygens (including phenoxy) is 1. The average molecular weight is 262 g/mol. The minimum atomic E-state index is -0.382. The zero-order valence-corrected chi connectivity index (χ0v) is 12.4. The molecule has 2 heteroatoms. The lowest BCUT2D eigenvalue weighted by Crippen LogP contribution is -2.20. The Kier molecular flexibility index (Phi) is 4.87. The van der Waals surface area contributed by atoms with Gasteiger partial charge in [0, 0.05) is 5.56 Å². The molecule has 0 bridgehead atoms. The molecule has 19 heavy (non-hydrogen) atoms. The third kappa shape index (κ3) is 3.30. The molecule has 0 saturated heterocycles. The number of aliphatic hydroxyl groups excluding tert-OH is 1. The molecule has 1 aromatic rings. The largest absolute Gasteiger partial charge is 0.496 e. The highest BCUT2D eigenvalue weighted by Gasteiger charge is 2.28. The van der Waals surface area contributed by atoms with E-state index in [1.165, 1.54) is 24.8 Å². The van der Waals surface area contributed by atoms with Crippen LogP contribution in [0, 0.1) is 18.8 Å². The third-order valence-electron chi connectivity index (χ3n) is 4.62. The van der Waals surface area contributed by atoms with Crippen LogP contribution in [0.5, 0.6) is 5.75 Å². The van der Waals surface area contributed by atoms with Gasteiger partial charge in [-0.25, -0.2) is 0 Å². The molecule has 0 aliphatic heterocycles. The summed E-state index contributed by atoms with van der Waals surface area (Å²) in [6.45, 7) is 4.33. The van der Waals surface area contributed by atoms with Gasteiger partial charge in [-0.2, -0.15) is 0 Å². The predicted octanol–water partition coefficient (Wildman–Crippen LogP) is 4.25. The van der Waals surface area contributed by atoms with E-state index in [1.54, 1.807) is 7.11 Å². The second kappa shape index (κ2) is 6.42. The van der Waals surface area contributed by atoms with Gasteiger partial charge in [0.05, 0.1) is 13.2 Å². The number of methoxy groups -OCH3 is 1. The number of hydrogen-bond donors (Lipinski definition) is 1. The monoisotopic (exact) mass is 262 g/mol. The molecule has 0 spiro atoms. The third-order valence-corrected chi connectivity index (χ3v) is 4.62.